The molecule has 0 amide bonds. The molecular formula is C18H12N5+. The molecule has 0 aliphatic rings. The number of pyridine rings is 2. The molecule has 0 radical (unpaired) electrons. The van der Waals surface area contributed by atoms with Crippen molar-refractivity contribution in [3.63, 3.8) is 0 Å². The Morgan fingerprint density at radius 3 is 2.09 bits per heavy atom. The zero-order valence-corrected chi connectivity index (χ0v) is 12.1. The third kappa shape index (κ3) is 2.48. The number of benzene rings is 1. The molecule has 0 aliphatic heterocycles. The van der Waals surface area contributed by atoms with Crippen LogP contribution in [0.3, 0.4) is 0 Å². The third-order valence-corrected chi connectivity index (χ3v) is 3.45. The number of nitrogens with two attached hydrogens (primary N) is 1. The summed E-state index contributed by atoms with van der Waals surface area (Å²) in [6.45, 7) is 0. The average molecular weight is 298 g/mol. The Balaban J connectivity index is 2.41. The Morgan fingerprint density at radius 2 is 1.48 bits per heavy atom. The molecule has 108 valence electrons. The smallest absolute Gasteiger partial charge is 0.348 e. The average Bonchev–Trinajstić information content (AvgIpc) is 2.62. The van der Waals surface area contributed by atoms with Crippen molar-refractivity contribution in [1.29, 1.82) is 10.5 Å². The molecular weight excluding hydrogens is 286 g/mol. The molecule has 2 heterocycles. The first-order valence-corrected chi connectivity index (χ1v) is 6.92. The van der Waals surface area contributed by atoms with E-state index in [1.807, 2.05) is 48.5 Å². The minimum absolute atomic E-state index is 0.108. The fraction of sp³-hybridized carbons (Fsp3) is 0. The summed E-state index contributed by atoms with van der Waals surface area (Å²) in [5.41, 5.74) is 7.77. The van der Waals surface area contributed by atoms with E-state index < -0.39 is 0 Å². The van der Waals surface area contributed by atoms with Gasteiger partial charge < -0.3 is 5.73 Å². The van der Waals surface area contributed by atoms with E-state index in [2.05, 4.69) is 17.1 Å². The van der Waals surface area contributed by atoms with Crippen molar-refractivity contribution >= 4 is 5.82 Å². The van der Waals surface area contributed by atoms with Gasteiger partial charge in [-0.3, -0.25) is 0 Å². The molecule has 0 aliphatic carbocycles. The number of rotatable bonds is 2. The molecule has 0 saturated heterocycles. The summed E-state index contributed by atoms with van der Waals surface area (Å²) in [6, 6.07) is 19.0. The Bertz CT molecular complexity index is 935. The van der Waals surface area contributed by atoms with E-state index in [1.54, 1.807) is 17.0 Å². The van der Waals surface area contributed by atoms with E-state index in [1.165, 1.54) is 0 Å². The van der Waals surface area contributed by atoms with Crippen LogP contribution in [0.15, 0.2) is 60.9 Å². The van der Waals surface area contributed by atoms with Crippen molar-refractivity contribution in [2.75, 3.05) is 5.73 Å². The molecule has 0 atom stereocenters. The van der Waals surface area contributed by atoms with Crippen LogP contribution < -0.4 is 10.3 Å². The molecule has 0 saturated carbocycles. The van der Waals surface area contributed by atoms with Crippen molar-refractivity contribution < 1.29 is 4.57 Å². The van der Waals surface area contributed by atoms with Gasteiger partial charge >= 0.3 is 5.82 Å². The normalized spacial score (nSPS) is 9.83. The number of nitriles is 2. The van der Waals surface area contributed by atoms with Crippen LogP contribution in [0.1, 0.15) is 11.1 Å². The van der Waals surface area contributed by atoms with Gasteiger partial charge in [0.25, 0.3) is 5.82 Å². The van der Waals surface area contributed by atoms with E-state index in [-0.39, 0.29) is 11.4 Å². The zero-order chi connectivity index (χ0) is 16.2. The fourth-order valence-corrected chi connectivity index (χ4v) is 2.43. The maximum absolute atomic E-state index is 9.68. The molecule has 2 N–H and O–H groups in total. The SMILES string of the molecule is N#Cc1c(N)nc(-[n+]2ccccc2)c(C#N)c1-c1ccccc1. The van der Waals surface area contributed by atoms with Crippen LogP contribution in [-0.2, 0) is 0 Å². The van der Waals surface area contributed by atoms with Crippen LogP contribution in [0, 0.1) is 22.7 Å². The number of hydrogen-bond donors (Lipinski definition) is 1. The fourth-order valence-electron chi connectivity index (χ4n) is 2.43. The van der Waals surface area contributed by atoms with Crippen LogP contribution in [0.2, 0.25) is 0 Å². The Morgan fingerprint density at radius 1 is 0.870 bits per heavy atom. The summed E-state index contributed by atoms with van der Waals surface area (Å²) in [4.78, 5) is 4.27. The standard InChI is InChI=1S/C18H12N5/c19-11-14-16(13-7-3-1-4-8-13)15(12-20)18(22-17(14)21)23-9-5-2-6-10-23/h1-10H,(H2,21,22)/q+1. The second-order valence-corrected chi connectivity index (χ2v) is 4.82. The summed E-state index contributed by atoms with van der Waals surface area (Å²) in [6.07, 6.45) is 3.56. The van der Waals surface area contributed by atoms with Crippen LogP contribution in [0.5, 0.6) is 0 Å². The lowest BCUT2D eigenvalue weighted by molar-refractivity contribution is -0.599. The van der Waals surface area contributed by atoms with E-state index in [9.17, 15) is 10.5 Å². The van der Waals surface area contributed by atoms with E-state index >= 15 is 0 Å². The number of aromatic nitrogens is 2. The first-order chi connectivity index (χ1) is 11.3. The Kier molecular flexibility index (Phi) is 3.70. The maximum atomic E-state index is 9.68. The number of nitrogens with zero attached hydrogens (tertiary/aromatic N) is 4. The van der Waals surface area contributed by atoms with E-state index in [4.69, 9.17) is 5.73 Å². The Labute approximate surface area is 133 Å². The van der Waals surface area contributed by atoms with E-state index in [0.29, 0.717) is 16.9 Å². The summed E-state index contributed by atoms with van der Waals surface area (Å²) >= 11 is 0. The van der Waals surface area contributed by atoms with Crippen molar-refractivity contribution in [2.45, 2.75) is 0 Å². The highest BCUT2D eigenvalue weighted by molar-refractivity contribution is 5.82. The molecule has 3 aromatic rings. The van der Waals surface area contributed by atoms with Gasteiger partial charge in [0.15, 0.2) is 5.56 Å². The van der Waals surface area contributed by atoms with Gasteiger partial charge in [-0.05, 0) is 22.7 Å². The molecule has 0 spiro atoms. The minimum Gasteiger partial charge on any atom is -0.362 e. The largest absolute Gasteiger partial charge is 0.362 e. The molecule has 23 heavy (non-hydrogen) atoms. The third-order valence-electron chi connectivity index (χ3n) is 3.45. The van der Waals surface area contributed by atoms with E-state index in [0.717, 1.165) is 5.56 Å². The number of anilines is 1. The minimum atomic E-state index is 0.108. The molecule has 0 bridgehead atoms. The lowest BCUT2D eigenvalue weighted by Crippen LogP contribution is -2.32. The zero-order valence-electron chi connectivity index (χ0n) is 12.1. The molecule has 3 rings (SSSR count). The van der Waals surface area contributed by atoms with Crippen LogP contribution in [0.25, 0.3) is 16.9 Å². The number of hydrogen-bond acceptors (Lipinski definition) is 4. The molecule has 5 nitrogen and oxygen atoms in total. The monoisotopic (exact) mass is 298 g/mol. The highest BCUT2D eigenvalue weighted by atomic mass is 15.1. The van der Waals surface area contributed by atoms with Gasteiger partial charge in [0, 0.05) is 5.56 Å². The maximum Gasteiger partial charge on any atom is 0.348 e. The molecule has 5 heteroatoms. The second-order valence-electron chi connectivity index (χ2n) is 4.82. The Hall–Kier alpha value is -3.70. The van der Waals surface area contributed by atoms with Crippen LogP contribution in [-0.4, -0.2) is 4.98 Å². The quantitative estimate of drug-likeness (QED) is 0.735. The topological polar surface area (TPSA) is 90.4 Å². The summed E-state index contributed by atoms with van der Waals surface area (Å²) in [5, 5.41) is 19.1. The van der Waals surface area contributed by atoms with Crippen LogP contribution in [0.4, 0.5) is 5.82 Å². The van der Waals surface area contributed by atoms with Crippen molar-refractivity contribution in [3.8, 4) is 29.1 Å². The van der Waals surface area contributed by atoms with Crippen molar-refractivity contribution in [3.05, 3.63) is 72.1 Å². The summed E-state index contributed by atoms with van der Waals surface area (Å²) < 4.78 is 1.71. The van der Waals surface area contributed by atoms with Gasteiger partial charge in [0.1, 0.15) is 17.7 Å². The van der Waals surface area contributed by atoms with Gasteiger partial charge in [-0.15, -0.1) is 0 Å². The lowest BCUT2D eigenvalue weighted by Gasteiger charge is -2.08. The lowest BCUT2D eigenvalue weighted by atomic mass is 9.96. The number of nitrogen functional groups attached to an aromatic ring is 1. The summed E-state index contributed by atoms with van der Waals surface area (Å²) in [7, 11) is 0. The van der Waals surface area contributed by atoms with Crippen molar-refractivity contribution in [1.82, 2.24) is 4.98 Å². The van der Waals surface area contributed by atoms with Crippen molar-refractivity contribution in [2.24, 2.45) is 0 Å². The summed E-state index contributed by atoms with van der Waals surface area (Å²) in [5.74, 6) is 0.514. The van der Waals surface area contributed by atoms with Gasteiger partial charge in [-0.25, -0.2) is 4.57 Å². The van der Waals surface area contributed by atoms with Gasteiger partial charge in [-0.1, -0.05) is 36.4 Å². The van der Waals surface area contributed by atoms with Crippen LogP contribution >= 0.6 is 0 Å². The highest BCUT2D eigenvalue weighted by Gasteiger charge is 2.27. The highest BCUT2D eigenvalue weighted by Crippen LogP contribution is 2.31. The first kappa shape index (κ1) is 14.2. The van der Waals surface area contributed by atoms with Gasteiger partial charge in [-0.2, -0.15) is 10.5 Å². The van der Waals surface area contributed by atoms with Gasteiger partial charge in [0.05, 0.1) is 12.4 Å². The molecule has 0 fully saturated rings. The molecule has 1 aromatic carbocycles. The first-order valence-electron chi connectivity index (χ1n) is 6.92. The molecule has 0 unspecified atom stereocenters. The van der Waals surface area contributed by atoms with Gasteiger partial charge in [0.2, 0.25) is 0 Å². The second kappa shape index (κ2) is 5.97. The molecule has 2 aromatic heterocycles. The predicted molar refractivity (Wildman–Crippen MR) is 85.0 cm³/mol. The predicted octanol–water partition coefficient (Wildman–Crippen LogP) is 2.35.